The Hall–Kier alpha value is -3.01. The van der Waals surface area contributed by atoms with E-state index in [-0.39, 0.29) is 9.79 Å². The Morgan fingerprint density at radius 1 is 0.765 bits per heavy atom. The van der Waals surface area contributed by atoms with Crippen LogP contribution in [0.1, 0.15) is 17.2 Å². The summed E-state index contributed by atoms with van der Waals surface area (Å²) in [6.07, 6.45) is 0. The van der Waals surface area contributed by atoms with Crippen LogP contribution in [0.15, 0.2) is 94.7 Å². The van der Waals surface area contributed by atoms with Crippen molar-refractivity contribution in [3.63, 3.8) is 0 Å². The fourth-order valence-electron chi connectivity index (χ4n) is 4.49. The van der Waals surface area contributed by atoms with E-state index in [4.69, 9.17) is 4.74 Å². The van der Waals surface area contributed by atoms with Crippen LogP contribution in [0.5, 0.6) is 0 Å². The Morgan fingerprint density at radius 2 is 1.29 bits per heavy atom. The van der Waals surface area contributed by atoms with Gasteiger partial charge in [-0.05, 0) is 36.8 Å². The topological polar surface area (TPSA) is 107 Å². The highest BCUT2D eigenvalue weighted by molar-refractivity contribution is 7.96. The first-order valence-corrected chi connectivity index (χ1v) is 13.8. The average molecular weight is 500 g/mol. The monoisotopic (exact) mass is 499 g/mol. The number of esters is 1. The van der Waals surface area contributed by atoms with Crippen LogP contribution in [0.25, 0.3) is 0 Å². The quantitative estimate of drug-likeness (QED) is 0.520. The van der Waals surface area contributed by atoms with Crippen molar-refractivity contribution in [3.05, 3.63) is 96.1 Å². The van der Waals surface area contributed by atoms with Gasteiger partial charge in [-0.25, -0.2) is 16.8 Å². The number of carbonyl (C=O) groups is 1. The number of carbonyl (C=O) groups excluding carboxylic acids is 1. The van der Waals surface area contributed by atoms with Crippen molar-refractivity contribution in [2.75, 3.05) is 7.11 Å². The van der Waals surface area contributed by atoms with E-state index in [1.165, 1.54) is 24.3 Å². The minimum absolute atomic E-state index is 0.0155. The van der Waals surface area contributed by atoms with E-state index in [0.29, 0.717) is 5.56 Å². The molecule has 0 bridgehead atoms. The molecule has 0 spiro atoms. The summed E-state index contributed by atoms with van der Waals surface area (Å²) in [5, 5.41) is -0.0892. The summed E-state index contributed by atoms with van der Waals surface area (Å²) >= 11 is 0. The number of rotatable bonds is 6. The summed E-state index contributed by atoms with van der Waals surface area (Å²) in [5.41, 5.74) is 1.45. The molecular weight excluding hydrogens is 474 g/mol. The molecule has 3 aromatic carbocycles. The van der Waals surface area contributed by atoms with Crippen molar-refractivity contribution in [2.24, 2.45) is 0 Å². The van der Waals surface area contributed by atoms with E-state index in [2.05, 4.69) is 5.32 Å². The minimum atomic E-state index is -4.28. The lowest BCUT2D eigenvalue weighted by molar-refractivity contribution is -0.142. The highest BCUT2D eigenvalue weighted by Crippen LogP contribution is 2.41. The number of benzene rings is 3. The summed E-state index contributed by atoms with van der Waals surface area (Å²) in [6.45, 7) is 1.86. The number of sulfone groups is 2. The molecule has 1 fully saturated rings. The molecule has 0 amide bonds. The molecule has 0 unspecified atom stereocenters. The number of methoxy groups -OCH3 is 1. The summed E-state index contributed by atoms with van der Waals surface area (Å²) in [6, 6.07) is 20.1. The van der Waals surface area contributed by atoms with Gasteiger partial charge in [0, 0.05) is 0 Å². The van der Waals surface area contributed by atoms with Crippen LogP contribution in [0, 0.1) is 6.92 Å². The SMILES string of the molecule is COC(=O)[C@H]1N[C@@H](c2cccc(C)c2)[C@H](S(=O)(=O)c2ccccc2)[C@H]1S(=O)(=O)c1ccccc1. The van der Waals surface area contributed by atoms with Gasteiger partial charge in [0.1, 0.15) is 16.5 Å². The van der Waals surface area contributed by atoms with Gasteiger partial charge in [-0.2, -0.15) is 0 Å². The standard InChI is InChI=1S/C25H25NO6S2/c1-17-10-9-11-18(16-17)21-23(33(28,29)19-12-5-3-6-13-19)24(22(26-21)25(27)32-2)34(30,31)20-14-7-4-8-15-20/h3-16,21-24,26H,1-2H3/t21-,22-,23-,24-/m0/s1. The highest BCUT2D eigenvalue weighted by atomic mass is 32.2. The fraction of sp³-hybridized carbons (Fsp3) is 0.240. The van der Waals surface area contributed by atoms with E-state index in [1.54, 1.807) is 54.6 Å². The average Bonchev–Trinajstić information content (AvgIpc) is 3.27. The summed E-state index contributed by atoms with van der Waals surface area (Å²) < 4.78 is 60.7. The first kappa shape index (κ1) is 24.1. The lowest BCUT2D eigenvalue weighted by atomic mass is 10.0. The third kappa shape index (κ3) is 4.26. The van der Waals surface area contributed by atoms with Crippen LogP contribution >= 0.6 is 0 Å². The normalized spacial score (nSPS) is 22.9. The molecule has 3 aromatic rings. The van der Waals surface area contributed by atoms with Gasteiger partial charge < -0.3 is 4.74 Å². The molecule has 1 N–H and O–H groups in total. The second-order valence-corrected chi connectivity index (χ2v) is 12.4. The van der Waals surface area contributed by atoms with Crippen LogP contribution in [0.4, 0.5) is 0 Å². The molecule has 4 rings (SSSR count). The molecule has 1 aliphatic rings. The second kappa shape index (κ2) is 9.32. The molecule has 0 aliphatic carbocycles. The molecule has 178 valence electrons. The third-order valence-electron chi connectivity index (χ3n) is 6.06. The number of nitrogens with one attached hydrogen (secondary N) is 1. The van der Waals surface area contributed by atoms with Gasteiger partial charge in [-0.1, -0.05) is 66.2 Å². The maximum atomic E-state index is 14.0. The third-order valence-corrected chi connectivity index (χ3v) is 10.7. The van der Waals surface area contributed by atoms with Crippen LogP contribution in [0.2, 0.25) is 0 Å². The van der Waals surface area contributed by atoms with E-state index in [0.717, 1.165) is 12.7 Å². The maximum absolute atomic E-state index is 14.0. The van der Waals surface area contributed by atoms with Crippen molar-refractivity contribution in [3.8, 4) is 0 Å². The number of hydrogen-bond donors (Lipinski definition) is 1. The van der Waals surface area contributed by atoms with Crippen molar-refractivity contribution in [2.45, 2.75) is 39.3 Å². The second-order valence-electron chi connectivity index (χ2n) is 8.20. The molecule has 4 atom stereocenters. The Balaban J connectivity index is 1.98. The summed E-state index contributed by atoms with van der Waals surface area (Å²) in [7, 11) is -7.34. The van der Waals surface area contributed by atoms with Gasteiger partial charge in [0.15, 0.2) is 19.7 Å². The Morgan fingerprint density at radius 3 is 1.79 bits per heavy atom. The van der Waals surface area contributed by atoms with Crippen LogP contribution in [-0.4, -0.2) is 46.5 Å². The zero-order chi connectivity index (χ0) is 24.5. The lowest BCUT2D eigenvalue weighted by Crippen LogP contribution is -2.47. The predicted molar refractivity (Wildman–Crippen MR) is 128 cm³/mol. The van der Waals surface area contributed by atoms with E-state index in [1.807, 2.05) is 13.0 Å². The van der Waals surface area contributed by atoms with E-state index >= 15 is 0 Å². The van der Waals surface area contributed by atoms with Crippen molar-refractivity contribution in [1.82, 2.24) is 5.32 Å². The Bertz CT molecular complexity index is 1390. The zero-order valence-electron chi connectivity index (χ0n) is 18.7. The lowest BCUT2D eigenvalue weighted by Gasteiger charge is -2.25. The number of ether oxygens (including phenoxy) is 1. The minimum Gasteiger partial charge on any atom is -0.468 e. The van der Waals surface area contributed by atoms with Crippen LogP contribution < -0.4 is 5.32 Å². The molecule has 0 aromatic heterocycles. The smallest absolute Gasteiger partial charge is 0.324 e. The summed E-state index contributed by atoms with van der Waals surface area (Å²) in [5.74, 6) is -0.840. The molecule has 0 saturated carbocycles. The van der Waals surface area contributed by atoms with Crippen LogP contribution in [0.3, 0.4) is 0 Å². The molecular formula is C25H25NO6S2. The molecule has 34 heavy (non-hydrogen) atoms. The first-order chi connectivity index (χ1) is 16.2. The molecule has 1 saturated heterocycles. The summed E-state index contributed by atoms with van der Waals surface area (Å²) in [4.78, 5) is 12.7. The van der Waals surface area contributed by atoms with Crippen molar-refractivity contribution < 1.29 is 26.4 Å². The van der Waals surface area contributed by atoms with Crippen LogP contribution in [-0.2, 0) is 29.2 Å². The van der Waals surface area contributed by atoms with Gasteiger partial charge in [0.2, 0.25) is 0 Å². The molecule has 1 aliphatic heterocycles. The molecule has 1 heterocycles. The molecule has 9 heteroatoms. The number of aryl methyl sites for hydroxylation is 1. The molecule has 7 nitrogen and oxygen atoms in total. The van der Waals surface area contributed by atoms with Gasteiger partial charge in [-0.15, -0.1) is 0 Å². The Labute approximate surface area is 199 Å². The van der Waals surface area contributed by atoms with Gasteiger partial charge in [-0.3, -0.25) is 10.1 Å². The van der Waals surface area contributed by atoms with Crippen molar-refractivity contribution in [1.29, 1.82) is 0 Å². The fourth-order valence-corrected chi connectivity index (χ4v) is 9.23. The van der Waals surface area contributed by atoms with E-state index < -0.39 is 48.2 Å². The number of hydrogen-bond acceptors (Lipinski definition) is 7. The maximum Gasteiger partial charge on any atom is 0.324 e. The zero-order valence-corrected chi connectivity index (χ0v) is 20.3. The predicted octanol–water partition coefficient (Wildman–Crippen LogP) is 2.87. The van der Waals surface area contributed by atoms with Gasteiger partial charge in [0.05, 0.1) is 22.9 Å². The van der Waals surface area contributed by atoms with Gasteiger partial charge >= 0.3 is 5.97 Å². The van der Waals surface area contributed by atoms with E-state index in [9.17, 15) is 21.6 Å². The first-order valence-electron chi connectivity index (χ1n) is 10.7. The van der Waals surface area contributed by atoms with Gasteiger partial charge in [0.25, 0.3) is 0 Å². The highest BCUT2D eigenvalue weighted by Gasteiger charge is 2.59. The Kier molecular flexibility index (Phi) is 6.62. The largest absolute Gasteiger partial charge is 0.468 e. The van der Waals surface area contributed by atoms with Crippen molar-refractivity contribution >= 4 is 25.6 Å². The molecule has 0 radical (unpaired) electrons.